The number of hydrogen-bond donors (Lipinski definition) is 0. The molecule has 0 fully saturated rings. The minimum absolute atomic E-state index is 0.479. The number of rotatable bonds is 3. The molecule has 0 radical (unpaired) electrons. The van der Waals surface area contributed by atoms with Crippen molar-refractivity contribution in [3.8, 4) is 6.07 Å². The summed E-state index contributed by atoms with van der Waals surface area (Å²) in [6.45, 7) is 5.16. The Balaban J connectivity index is 4.42. The molecular formula is C7H11NOS. The molecule has 0 bridgehead atoms. The first kappa shape index (κ1) is 9.38. The van der Waals surface area contributed by atoms with Gasteiger partial charge in [0, 0.05) is 17.1 Å². The van der Waals surface area contributed by atoms with Gasteiger partial charge in [-0.1, -0.05) is 6.08 Å². The van der Waals surface area contributed by atoms with Crippen LogP contribution in [0.25, 0.3) is 0 Å². The Bertz CT molecular complexity index is 194. The van der Waals surface area contributed by atoms with E-state index < -0.39 is 15.5 Å². The second-order valence-electron chi connectivity index (χ2n) is 2.29. The molecule has 2 atom stereocenters. The molecule has 0 aliphatic carbocycles. The first-order chi connectivity index (χ1) is 4.56. The van der Waals surface area contributed by atoms with Crippen molar-refractivity contribution < 1.29 is 4.21 Å². The summed E-state index contributed by atoms with van der Waals surface area (Å²) >= 11 is 0. The summed E-state index contributed by atoms with van der Waals surface area (Å²) in [6.07, 6.45) is 3.63. The Morgan fingerprint density at radius 3 is 2.50 bits per heavy atom. The lowest BCUT2D eigenvalue weighted by Crippen LogP contribution is -2.26. The minimum Gasteiger partial charge on any atom is -0.258 e. The summed E-state index contributed by atoms with van der Waals surface area (Å²) in [7, 11) is -1.10. The Labute approximate surface area is 64.0 Å². The second kappa shape index (κ2) is 3.52. The van der Waals surface area contributed by atoms with Gasteiger partial charge in [-0.05, 0) is 13.3 Å². The van der Waals surface area contributed by atoms with Crippen LogP contribution in [0.3, 0.4) is 0 Å². The number of nitriles is 1. The van der Waals surface area contributed by atoms with Gasteiger partial charge in [-0.15, -0.1) is 6.58 Å². The fourth-order valence-electron chi connectivity index (χ4n) is 0.503. The van der Waals surface area contributed by atoms with Gasteiger partial charge in [0.1, 0.15) is 4.75 Å². The Morgan fingerprint density at radius 2 is 2.40 bits per heavy atom. The average Bonchev–Trinajstić information content (AvgIpc) is 1.88. The molecule has 0 heterocycles. The lowest BCUT2D eigenvalue weighted by atomic mass is 10.1. The van der Waals surface area contributed by atoms with E-state index in [0.717, 1.165) is 0 Å². The quantitative estimate of drug-likeness (QED) is 0.578. The third-order valence-electron chi connectivity index (χ3n) is 1.40. The molecule has 2 unspecified atom stereocenters. The number of allylic oxidation sites excluding steroid dienone is 1. The van der Waals surface area contributed by atoms with Crippen LogP contribution in [-0.2, 0) is 10.8 Å². The standard InChI is InChI=1S/C7H11NOS/c1-4-5-7(2,6-8)10(3)9/h4H,1,5H2,2-3H3. The Hall–Kier alpha value is -0.620. The summed E-state index contributed by atoms with van der Waals surface area (Å²) in [5.74, 6) is 0. The van der Waals surface area contributed by atoms with Crippen LogP contribution in [0.4, 0.5) is 0 Å². The molecule has 3 heteroatoms. The fourth-order valence-corrected chi connectivity index (χ4v) is 0.984. The molecule has 56 valence electrons. The summed E-state index contributed by atoms with van der Waals surface area (Å²) < 4.78 is 10.2. The highest BCUT2D eigenvalue weighted by molar-refractivity contribution is 7.86. The van der Waals surface area contributed by atoms with Crippen LogP contribution in [0.15, 0.2) is 12.7 Å². The summed E-state index contributed by atoms with van der Waals surface area (Å²) in [5.41, 5.74) is 0. The van der Waals surface area contributed by atoms with Gasteiger partial charge in [0.2, 0.25) is 0 Å². The van der Waals surface area contributed by atoms with Crippen molar-refractivity contribution in [2.24, 2.45) is 0 Å². The van der Waals surface area contributed by atoms with Gasteiger partial charge in [0.25, 0.3) is 0 Å². The van der Waals surface area contributed by atoms with Crippen LogP contribution in [0, 0.1) is 11.3 Å². The third-order valence-corrected chi connectivity index (χ3v) is 2.93. The lowest BCUT2D eigenvalue weighted by molar-refractivity contribution is 0.660. The van der Waals surface area contributed by atoms with Crippen molar-refractivity contribution in [1.29, 1.82) is 5.26 Å². The van der Waals surface area contributed by atoms with Crippen LogP contribution in [0.1, 0.15) is 13.3 Å². The van der Waals surface area contributed by atoms with Gasteiger partial charge >= 0.3 is 0 Å². The molecule has 0 saturated carbocycles. The highest BCUT2D eigenvalue weighted by atomic mass is 32.2. The van der Waals surface area contributed by atoms with E-state index in [-0.39, 0.29) is 0 Å². The number of nitrogens with zero attached hydrogens (tertiary/aromatic N) is 1. The molecule has 0 amide bonds. The smallest absolute Gasteiger partial charge is 0.132 e. The van der Waals surface area contributed by atoms with Crippen molar-refractivity contribution in [1.82, 2.24) is 0 Å². The molecule has 2 nitrogen and oxygen atoms in total. The van der Waals surface area contributed by atoms with E-state index >= 15 is 0 Å². The molecule has 10 heavy (non-hydrogen) atoms. The first-order valence-corrected chi connectivity index (χ1v) is 4.48. The maximum atomic E-state index is 10.9. The zero-order valence-electron chi connectivity index (χ0n) is 6.26. The molecule has 0 spiro atoms. The van der Waals surface area contributed by atoms with E-state index in [1.54, 1.807) is 13.0 Å². The Morgan fingerprint density at radius 1 is 1.90 bits per heavy atom. The van der Waals surface area contributed by atoms with Crippen molar-refractivity contribution in [3.05, 3.63) is 12.7 Å². The van der Waals surface area contributed by atoms with Crippen molar-refractivity contribution in [2.45, 2.75) is 18.1 Å². The zero-order chi connectivity index (χ0) is 8.20. The van der Waals surface area contributed by atoms with Crippen molar-refractivity contribution >= 4 is 10.8 Å². The van der Waals surface area contributed by atoms with E-state index in [4.69, 9.17) is 5.26 Å². The van der Waals surface area contributed by atoms with E-state index in [9.17, 15) is 4.21 Å². The zero-order valence-corrected chi connectivity index (χ0v) is 7.07. The lowest BCUT2D eigenvalue weighted by Gasteiger charge is -2.14. The van der Waals surface area contributed by atoms with Crippen LogP contribution in [-0.4, -0.2) is 15.2 Å². The first-order valence-electron chi connectivity index (χ1n) is 2.92. The molecule has 0 rings (SSSR count). The summed E-state index contributed by atoms with van der Waals surface area (Å²) in [6, 6.07) is 2.01. The highest BCUT2D eigenvalue weighted by Crippen LogP contribution is 2.15. The van der Waals surface area contributed by atoms with E-state index in [0.29, 0.717) is 6.42 Å². The topological polar surface area (TPSA) is 40.9 Å². The van der Waals surface area contributed by atoms with Gasteiger partial charge in [-0.25, -0.2) is 0 Å². The van der Waals surface area contributed by atoms with E-state index in [1.807, 2.05) is 6.07 Å². The predicted octanol–water partition coefficient (Wildman–Crippen LogP) is 1.22. The van der Waals surface area contributed by atoms with Gasteiger partial charge in [-0.2, -0.15) is 5.26 Å². The minimum atomic E-state index is -1.10. The second-order valence-corrected chi connectivity index (χ2v) is 4.10. The molecule has 0 aromatic heterocycles. The Kier molecular flexibility index (Phi) is 3.31. The van der Waals surface area contributed by atoms with Gasteiger partial charge < -0.3 is 0 Å². The van der Waals surface area contributed by atoms with Crippen LogP contribution < -0.4 is 0 Å². The predicted molar refractivity (Wildman–Crippen MR) is 42.9 cm³/mol. The van der Waals surface area contributed by atoms with Crippen molar-refractivity contribution in [2.75, 3.05) is 6.26 Å². The molecule has 0 saturated heterocycles. The molecule has 0 aromatic carbocycles. The van der Waals surface area contributed by atoms with Crippen LogP contribution in [0.2, 0.25) is 0 Å². The highest BCUT2D eigenvalue weighted by Gasteiger charge is 2.26. The SMILES string of the molecule is C=CCC(C)(C#N)S(C)=O. The summed E-state index contributed by atoms with van der Waals surface area (Å²) in [4.78, 5) is 0. The van der Waals surface area contributed by atoms with Gasteiger partial charge in [0.15, 0.2) is 0 Å². The van der Waals surface area contributed by atoms with Crippen LogP contribution in [0.5, 0.6) is 0 Å². The average molecular weight is 157 g/mol. The summed E-state index contributed by atoms with van der Waals surface area (Å²) in [5, 5.41) is 8.60. The maximum Gasteiger partial charge on any atom is 0.132 e. The molecular weight excluding hydrogens is 146 g/mol. The largest absolute Gasteiger partial charge is 0.258 e. The van der Waals surface area contributed by atoms with E-state index in [1.165, 1.54) is 6.26 Å². The van der Waals surface area contributed by atoms with Crippen molar-refractivity contribution in [3.63, 3.8) is 0 Å². The van der Waals surface area contributed by atoms with Crippen LogP contribution >= 0.6 is 0 Å². The van der Waals surface area contributed by atoms with Gasteiger partial charge in [-0.3, -0.25) is 4.21 Å². The maximum absolute atomic E-state index is 10.9. The van der Waals surface area contributed by atoms with E-state index in [2.05, 4.69) is 6.58 Å². The molecule has 0 aromatic rings. The third kappa shape index (κ3) is 1.96. The molecule has 0 aliphatic rings. The number of hydrogen-bond acceptors (Lipinski definition) is 2. The molecule has 0 aliphatic heterocycles. The van der Waals surface area contributed by atoms with Gasteiger partial charge in [0.05, 0.1) is 6.07 Å². The normalized spacial score (nSPS) is 18.5. The molecule has 0 N–H and O–H groups in total. The monoisotopic (exact) mass is 157 g/mol. The fraction of sp³-hybridized carbons (Fsp3) is 0.571.